The fraction of sp³-hybridized carbons (Fsp3) is 0.500. The highest BCUT2D eigenvalue weighted by Gasteiger charge is 2.29. The van der Waals surface area contributed by atoms with Gasteiger partial charge in [-0.15, -0.1) is 0 Å². The third-order valence-corrected chi connectivity index (χ3v) is 6.14. The maximum absolute atomic E-state index is 13.4. The van der Waals surface area contributed by atoms with E-state index in [9.17, 15) is 14.4 Å². The van der Waals surface area contributed by atoms with E-state index in [0.717, 1.165) is 36.8 Å². The lowest BCUT2D eigenvalue weighted by atomic mass is 10.0. The fourth-order valence-electron chi connectivity index (χ4n) is 4.40. The minimum absolute atomic E-state index is 0.0462. The second kappa shape index (κ2) is 8.10. The Hall–Kier alpha value is -2.87. The zero-order valence-electron chi connectivity index (χ0n) is 17.8. The second-order valence-corrected chi connectivity index (χ2v) is 8.40. The van der Waals surface area contributed by atoms with E-state index in [1.54, 1.807) is 11.0 Å². The first kappa shape index (κ1) is 20.4. The smallest absolute Gasteiger partial charge is 0.328 e. The molecule has 1 aromatic carbocycles. The molecule has 2 N–H and O–H groups in total. The number of piperidine rings is 1. The monoisotopic (exact) mass is 411 g/mol. The van der Waals surface area contributed by atoms with E-state index in [1.807, 2.05) is 30.3 Å². The number of aromatic nitrogens is 1. The molecular formula is C22H29N5O3. The van der Waals surface area contributed by atoms with Crippen LogP contribution in [-0.4, -0.2) is 60.0 Å². The molecule has 3 heterocycles. The van der Waals surface area contributed by atoms with Crippen molar-refractivity contribution < 1.29 is 14.4 Å². The Labute approximate surface area is 176 Å². The molecule has 0 radical (unpaired) electrons. The maximum Gasteiger partial charge on any atom is 0.328 e. The lowest BCUT2D eigenvalue weighted by Crippen LogP contribution is -2.49. The number of imide groups is 1. The van der Waals surface area contributed by atoms with E-state index in [-0.39, 0.29) is 30.3 Å². The van der Waals surface area contributed by atoms with Crippen LogP contribution in [-0.2, 0) is 4.79 Å². The Balaban J connectivity index is 1.78. The second-order valence-electron chi connectivity index (χ2n) is 8.40. The summed E-state index contributed by atoms with van der Waals surface area (Å²) >= 11 is 0. The van der Waals surface area contributed by atoms with Gasteiger partial charge in [-0.3, -0.25) is 19.8 Å². The number of hydrogen-bond acceptors (Lipinski definition) is 4. The average molecular weight is 412 g/mol. The van der Waals surface area contributed by atoms with Crippen LogP contribution in [0.25, 0.3) is 10.9 Å². The van der Waals surface area contributed by atoms with Gasteiger partial charge in [0.25, 0.3) is 5.91 Å². The number of benzene rings is 1. The standard InChI is InChI=1S/C22H29N5O3/c1-14(2)26-10-6-17-18(26)12-15(21(29)25(3)16-4-8-23-9-5-16)13-19(17)27-11-7-20(28)24-22(27)30/h6,10,12-14,16,23H,4-5,7-9,11H2,1-3H3,(H,24,28,30). The van der Waals surface area contributed by atoms with Crippen molar-refractivity contribution in [3.8, 4) is 0 Å². The van der Waals surface area contributed by atoms with Crippen LogP contribution in [0.4, 0.5) is 10.5 Å². The topological polar surface area (TPSA) is 86.7 Å². The van der Waals surface area contributed by atoms with E-state index < -0.39 is 6.03 Å². The van der Waals surface area contributed by atoms with Crippen molar-refractivity contribution in [2.24, 2.45) is 0 Å². The number of nitrogens with one attached hydrogen (secondary N) is 2. The third kappa shape index (κ3) is 3.67. The minimum atomic E-state index is -0.443. The Morgan fingerprint density at radius 1 is 1.20 bits per heavy atom. The molecule has 1 aromatic heterocycles. The van der Waals surface area contributed by atoms with Crippen LogP contribution in [0.1, 0.15) is 49.5 Å². The van der Waals surface area contributed by atoms with Gasteiger partial charge in [0.15, 0.2) is 0 Å². The molecule has 30 heavy (non-hydrogen) atoms. The van der Waals surface area contributed by atoms with Gasteiger partial charge in [-0.2, -0.15) is 0 Å². The summed E-state index contributed by atoms with van der Waals surface area (Å²) < 4.78 is 2.10. The van der Waals surface area contributed by atoms with Gasteiger partial charge in [0.2, 0.25) is 5.91 Å². The van der Waals surface area contributed by atoms with Crippen molar-refractivity contribution in [3.63, 3.8) is 0 Å². The molecule has 160 valence electrons. The summed E-state index contributed by atoms with van der Waals surface area (Å²) in [5.41, 5.74) is 2.14. The van der Waals surface area contributed by atoms with Crippen LogP contribution in [0.15, 0.2) is 24.4 Å². The molecule has 2 saturated heterocycles. The van der Waals surface area contributed by atoms with Crippen LogP contribution in [0.5, 0.6) is 0 Å². The van der Waals surface area contributed by atoms with Gasteiger partial charge in [-0.1, -0.05) is 0 Å². The summed E-state index contributed by atoms with van der Waals surface area (Å²) in [6.45, 7) is 6.28. The first-order valence-corrected chi connectivity index (χ1v) is 10.6. The number of carbonyl (C=O) groups is 3. The number of amides is 4. The van der Waals surface area contributed by atoms with E-state index in [2.05, 4.69) is 29.0 Å². The molecular weight excluding hydrogens is 382 g/mol. The predicted octanol–water partition coefficient (Wildman–Crippen LogP) is 2.49. The highest BCUT2D eigenvalue weighted by atomic mass is 16.2. The molecule has 2 aliphatic rings. The van der Waals surface area contributed by atoms with Gasteiger partial charge in [0.05, 0.1) is 11.2 Å². The lowest BCUT2D eigenvalue weighted by Gasteiger charge is -2.32. The molecule has 2 aromatic rings. The number of nitrogens with zero attached hydrogens (tertiary/aromatic N) is 3. The van der Waals surface area contributed by atoms with Crippen LogP contribution in [0.2, 0.25) is 0 Å². The van der Waals surface area contributed by atoms with E-state index in [4.69, 9.17) is 0 Å². The molecule has 0 bridgehead atoms. The third-order valence-electron chi connectivity index (χ3n) is 6.14. The number of rotatable bonds is 4. The Kier molecular flexibility index (Phi) is 5.51. The summed E-state index contributed by atoms with van der Waals surface area (Å²) in [7, 11) is 1.86. The normalized spacial score (nSPS) is 18.2. The number of hydrogen-bond donors (Lipinski definition) is 2. The van der Waals surface area contributed by atoms with Crippen molar-refractivity contribution in [1.82, 2.24) is 20.1 Å². The fourth-order valence-corrected chi connectivity index (χ4v) is 4.40. The summed E-state index contributed by atoms with van der Waals surface area (Å²) in [4.78, 5) is 40.9. The Bertz CT molecular complexity index is 990. The summed E-state index contributed by atoms with van der Waals surface area (Å²) in [6, 6.07) is 5.65. The maximum atomic E-state index is 13.4. The quantitative estimate of drug-likeness (QED) is 0.809. The molecule has 0 atom stereocenters. The molecule has 2 fully saturated rings. The van der Waals surface area contributed by atoms with Gasteiger partial charge < -0.3 is 14.8 Å². The molecule has 0 spiro atoms. The van der Waals surface area contributed by atoms with Gasteiger partial charge in [0, 0.05) is 49.2 Å². The van der Waals surface area contributed by atoms with Crippen LogP contribution in [0, 0.1) is 0 Å². The zero-order chi connectivity index (χ0) is 21.4. The molecule has 4 amide bonds. The molecule has 0 saturated carbocycles. The number of carbonyl (C=O) groups excluding carboxylic acids is 3. The molecule has 8 heteroatoms. The summed E-state index contributed by atoms with van der Waals surface area (Å²) in [5.74, 6) is -0.319. The van der Waals surface area contributed by atoms with Gasteiger partial charge >= 0.3 is 6.03 Å². The highest BCUT2D eigenvalue weighted by molar-refractivity contribution is 6.11. The minimum Gasteiger partial charge on any atom is -0.345 e. The van der Waals surface area contributed by atoms with E-state index >= 15 is 0 Å². The molecule has 2 aliphatic heterocycles. The van der Waals surface area contributed by atoms with Crippen molar-refractivity contribution in [2.75, 3.05) is 31.6 Å². The SMILES string of the molecule is CC(C)n1ccc2c(N3CCC(=O)NC3=O)cc(C(=O)N(C)C3CCNCC3)cc21. The molecule has 0 aliphatic carbocycles. The average Bonchev–Trinajstić information content (AvgIpc) is 3.17. The van der Waals surface area contributed by atoms with Crippen molar-refractivity contribution >= 4 is 34.4 Å². The van der Waals surface area contributed by atoms with Crippen LogP contribution in [0.3, 0.4) is 0 Å². The van der Waals surface area contributed by atoms with Crippen LogP contribution >= 0.6 is 0 Å². The Morgan fingerprint density at radius 2 is 1.93 bits per heavy atom. The summed E-state index contributed by atoms with van der Waals surface area (Å²) in [5, 5.41) is 6.61. The van der Waals surface area contributed by atoms with E-state index in [1.165, 1.54) is 0 Å². The predicted molar refractivity (Wildman–Crippen MR) is 116 cm³/mol. The first-order chi connectivity index (χ1) is 14.4. The number of anilines is 1. The van der Waals surface area contributed by atoms with Gasteiger partial charge in [-0.25, -0.2) is 4.79 Å². The molecule has 0 unspecified atom stereocenters. The Morgan fingerprint density at radius 3 is 2.60 bits per heavy atom. The van der Waals surface area contributed by atoms with E-state index in [0.29, 0.717) is 17.8 Å². The largest absolute Gasteiger partial charge is 0.345 e. The number of urea groups is 1. The van der Waals surface area contributed by atoms with Gasteiger partial charge in [0.1, 0.15) is 0 Å². The molecule has 4 rings (SSSR count). The van der Waals surface area contributed by atoms with Crippen LogP contribution < -0.4 is 15.5 Å². The van der Waals surface area contributed by atoms with Gasteiger partial charge in [-0.05, 0) is 58.0 Å². The highest BCUT2D eigenvalue weighted by Crippen LogP contribution is 2.33. The first-order valence-electron chi connectivity index (χ1n) is 10.6. The lowest BCUT2D eigenvalue weighted by molar-refractivity contribution is -0.120. The van der Waals surface area contributed by atoms with Crippen molar-refractivity contribution in [2.45, 2.75) is 45.2 Å². The van der Waals surface area contributed by atoms with Crippen molar-refractivity contribution in [3.05, 3.63) is 30.0 Å². The zero-order valence-corrected chi connectivity index (χ0v) is 17.8. The summed E-state index contributed by atoms with van der Waals surface area (Å²) in [6.07, 6.45) is 4.08. The number of fused-ring (bicyclic) bond motifs is 1. The molecule has 8 nitrogen and oxygen atoms in total. The van der Waals surface area contributed by atoms with Crippen molar-refractivity contribution in [1.29, 1.82) is 0 Å².